The van der Waals surface area contributed by atoms with Gasteiger partial charge in [0.2, 0.25) is 0 Å². The average molecular weight is 459 g/mol. The molecule has 160 valence electrons. The lowest BCUT2D eigenvalue weighted by molar-refractivity contribution is -0.137. The molecule has 0 saturated carbocycles. The number of aromatic nitrogens is 1. The van der Waals surface area contributed by atoms with E-state index in [4.69, 9.17) is 27.9 Å². The predicted octanol–water partition coefficient (Wildman–Crippen LogP) is 5.32. The van der Waals surface area contributed by atoms with Crippen LogP contribution in [0.4, 0.5) is 0 Å². The van der Waals surface area contributed by atoms with Gasteiger partial charge in [0.15, 0.2) is 0 Å². The van der Waals surface area contributed by atoms with Crippen LogP contribution in [-0.4, -0.2) is 29.1 Å². The molecule has 0 saturated heterocycles. The fourth-order valence-electron chi connectivity index (χ4n) is 3.07. The van der Waals surface area contributed by atoms with Crippen LogP contribution >= 0.6 is 23.2 Å². The van der Waals surface area contributed by atoms with E-state index >= 15 is 0 Å². The molecule has 8 heteroatoms. The van der Waals surface area contributed by atoms with Crippen molar-refractivity contribution in [1.29, 1.82) is 0 Å². The molecule has 1 amide bonds. The van der Waals surface area contributed by atoms with E-state index in [1.807, 2.05) is 19.1 Å². The summed E-state index contributed by atoms with van der Waals surface area (Å²) in [5.74, 6) is -1.13. The maximum atomic E-state index is 12.9. The molecule has 31 heavy (non-hydrogen) atoms. The Hall–Kier alpha value is -3.09. The Morgan fingerprint density at radius 1 is 1.10 bits per heavy atom. The van der Waals surface area contributed by atoms with Gasteiger partial charge in [-0.15, -0.1) is 0 Å². The number of benzene rings is 2. The number of pyridine rings is 1. The molecule has 0 aliphatic heterocycles. The number of aliphatic carboxylic acids is 1. The minimum Gasteiger partial charge on any atom is -0.494 e. The van der Waals surface area contributed by atoms with Crippen LogP contribution in [0.5, 0.6) is 5.75 Å². The second-order valence-corrected chi connectivity index (χ2v) is 7.67. The molecule has 1 atom stereocenters. The predicted molar refractivity (Wildman–Crippen MR) is 120 cm³/mol. The third kappa shape index (κ3) is 5.34. The number of nitrogens with zero attached hydrogens (tertiary/aromatic N) is 1. The van der Waals surface area contributed by atoms with Gasteiger partial charge in [-0.25, -0.2) is 4.98 Å². The van der Waals surface area contributed by atoms with E-state index in [9.17, 15) is 14.7 Å². The molecular weight excluding hydrogens is 439 g/mol. The number of carboxylic acid groups (broad SMARTS) is 1. The van der Waals surface area contributed by atoms with E-state index in [0.29, 0.717) is 27.6 Å². The highest BCUT2D eigenvalue weighted by Crippen LogP contribution is 2.37. The first-order chi connectivity index (χ1) is 14.8. The smallest absolute Gasteiger partial charge is 0.305 e. The Labute approximate surface area is 189 Å². The zero-order valence-electron chi connectivity index (χ0n) is 16.9. The topological polar surface area (TPSA) is 88.5 Å². The monoisotopic (exact) mass is 458 g/mol. The average Bonchev–Trinajstić information content (AvgIpc) is 2.75. The summed E-state index contributed by atoms with van der Waals surface area (Å²) < 4.78 is 5.37. The van der Waals surface area contributed by atoms with Gasteiger partial charge in [0.25, 0.3) is 5.91 Å². The Bertz CT molecular complexity index is 1120. The summed E-state index contributed by atoms with van der Waals surface area (Å²) in [6.45, 7) is 1.93. The van der Waals surface area contributed by atoms with Gasteiger partial charge in [-0.2, -0.15) is 0 Å². The maximum Gasteiger partial charge on any atom is 0.305 e. The SMILES string of the molecule is COc1ccc(C(=O)N[C@@H](CC(=O)O)c2ccc(C)cc2)nc1-c1cccc(Cl)c1Cl. The number of methoxy groups -OCH3 is 1. The van der Waals surface area contributed by atoms with E-state index < -0.39 is 17.9 Å². The van der Waals surface area contributed by atoms with Crippen molar-refractivity contribution in [1.82, 2.24) is 10.3 Å². The van der Waals surface area contributed by atoms with Gasteiger partial charge in [0.05, 0.1) is 29.6 Å². The molecule has 0 aliphatic carbocycles. The fourth-order valence-corrected chi connectivity index (χ4v) is 3.47. The molecule has 6 nitrogen and oxygen atoms in total. The van der Waals surface area contributed by atoms with Crippen LogP contribution in [0, 0.1) is 6.92 Å². The number of hydrogen-bond donors (Lipinski definition) is 2. The highest BCUT2D eigenvalue weighted by molar-refractivity contribution is 6.43. The fraction of sp³-hybridized carbons (Fsp3) is 0.174. The first kappa shape index (κ1) is 22.6. The second kappa shape index (κ2) is 9.81. The molecule has 1 aromatic heterocycles. The van der Waals surface area contributed by atoms with Gasteiger partial charge in [-0.1, -0.05) is 65.2 Å². The minimum atomic E-state index is -1.03. The van der Waals surface area contributed by atoms with Crippen LogP contribution in [0.1, 0.15) is 34.1 Å². The van der Waals surface area contributed by atoms with Gasteiger partial charge in [-0.05, 0) is 30.7 Å². The van der Waals surface area contributed by atoms with Crippen molar-refractivity contribution in [3.05, 3.63) is 81.5 Å². The van der Waals surface area contributed by atoms with Crippen molar-refractivity contribution >= 4 is 35.1 Å². The lowest BCUT2D eigenvalue weighted by atomic mass is 10.0. The molecule has 1 heterocycles. The zero-order valence-corrected chi connectivity index (χ0v) is 18.4. The number of carbonyl (C=O) groups excluding carboxylic acids is 1. The van der Waals surface area contributed by atoms with E-state index in [1.165, 1.54) is 13.2 Å². The largest absolute Gasteiger partial charge is 0.494 e. The second-order valence-electron chi connectivity index (χ2n) is 6.88. The van der Waals surface area contributed by atoms with Gasteiger partial charge in [0, 0.05) is 5.56 Å². The lowest BCUT2D eigenvalue weighted by Crippen LogP contribution is -2.31. The zero-order chi connectivity index (χ0) is 22.5. The van der Waals surface area contributed by atoms with Crippen molar-refractivity contribution in [3.63, 3.8) is 0 Å². The number of amides is 1. The van der Waals surface area contributed by atoms with Crippen molar-refractivity contribution in [2.24, 2.45) is 0 Å². The van der Waals surface area contributed by atoms with Crippen LogP contribution in [0.25, 0.3) is 11.3 Å². The minimum absolute atomic E-state index is 0.0920. The highest BCUT2D eigenvalue weighted by Gasteiger charge is 2.22. The summed E-state index contributed by atoms with van der Waals surface area (Å²) in [5, 5.41) is 12.7. The summed E-state index contributed by atoms with van der Waals surface area (Å²) >= 11 is 12.5. The lowest BCUT2D eigenvalue weighted by Gasteiger charge is -2.18. The number of hydrogen-bond acceptors (Lipinski definition) is 4. The normalized spacial score (nSPS) is 11.6. The molecule has 2 aromatic carbocycles. The number of aryl methyl sites for hydroxylation is 1. The molecule has 0 fully saturated rings. The number of ether oxygens (including phenoxy) is 1. The number of carboxylic acids is 1. The van der Waals surface area contributed by atoms with Crippen molar-refractivity contribution in [2.45, 2.75) is 19.4 Å². The molecule has 0 unspecified atom stereocenters. The van der Waals surface area contributed by atoms with Crippen molar-refractivity contribution in [2.75, 3.05) is 7.11 Å². The summed E-state index contributed by atoms with van der Waals surface area (Å²) in [6.07, 6.45) is -0.266. The Balaban J connectivity index is 1.95. The van der Waals surface area contributed by atoms with Crippen LogP contribution in [0.2, 0.25) is 10.0 Å². The molecular formula is C23H20Cl2N2O4. The highest BCUT2D eigenvalue weighted by atomic mass is 35.5. The Morgan fingerprint density at radius 2 is 1.81 bits per heavy atom. The standard InChI is InChI=1S/C23H20Cl2N2O4/c1-13-6-8-14(9-7-13)18(12-20(28)29)27-23(30)17-10-11-19(31-2)22(26-17)15-4-3-5-16(24)21(15)25/h3-11,18H,12H2,1-2H3,(H,27,30)(H,28,29)/t18-/m0/s1. The number of rotatable bonds is 7. The van der Waals surface area contributed by atoms with Gasteiger partial charge in [0.1, 0.15) is 17.1 Å². The molecule has 2 N–H and O–H groups in total. The molecule has 0 spiro atoms. The van der Waals surface area contributed by atoms with Gasteiger partial charge < -0.3 is 15.2 Å². The van der Waals surface area contributed by atoms with Gasteiger partial charge in [-0.3, -0.25) is 9.59 Å². The van der Waals surface area contributed by atoms with Crippen LogP contribution < -0.4 is 10.1 Å². The Kier molecular flexibility index (Phi) is 7.15. The van der Waals surface area contributed by atoms with Crippen molar-refractivity contribution < 1.29 is 19.4 Å². The van der Waals surface area contributed by atoms with Crippen LogP contribution in [-0.2, 0) is 4.79 Å². The summed E-state index contributed by atoms with van der Waals surface area (Å²) in [5.41, 5.74) is 2.68. The van der Waals surface area contributed by atoms with E-state index in [0.717, 1.165) is 5.56 Å². The molecule has 3 rings (SSSR count). The summed E-state index contributed by atoms with van der Waals surface area (Å²) in [4.78, 5) is 28.7. The third-order valence-corrected chi connectivity index (χ3v) is 5.50. The van der Waals surface area contributed by atoms with E-state index in [2.05, 4.69) is 10.3 Å². The number of nitrogens with one attached hydrogen (secondary N) is 1. The summed E-state index contributed by atoms with van der Waals surface area (Å²) in [7, 11) is 1.49. The molecule has 3 aromatic rings. The van der Waals surface area contributed by atoms with Crippen LogP contribution in [0.3, 0.4) is 0 Å². The van der Waals surface area contributed by atoms with Crippen LogP contribution in [0.15, 0.2) is 54.6 Å². The number of halogens is 2. The molecule has 0 aliphatic rings. The van der Waals surface area contributed by atoms with E-state index in [1.54, 1.807) is 36.4 Å². The third-order valence-electron chi connectivity index (χ3n) is 4.68. The summed E-state index contributed by atoms with van der Waals surface area (Å²) in [6, 6.07) is 14.8. The van der Waals surface area contributed by atoms with Crippen molar-refractivity contribution in [3.8, 4) is 17.0 Å². The number of carbonyl (C=O) groups is 2. The molecule has 0 bridgehead atoms. The first-order valence-corrected chi connectivity index (χ1v) is 10.1. The van der Waals surface area contributed by atoms with E-state index in [-0.39, 0.29) is 17.1 Å². The molecule has 0 radical (unpaired) electrons. The van der Waals surface area contributed by atoms with Gasteiger partial charge >= 0.3 is 5.97 Å². The maximum absolute atomic E-state index is 12.9. The first-order valence-electron chi connectivity index (χ1n) is 9.38. The Morgan fingerprint density at radius 3 is 2.45 bits per heavy atom. The quantitative estimate of drug-likeness (QED) is 0.500.